The molecule has 0 spiro atoms. The smallest absolute Gasteiger partial charge is 0.255 e. The molecule has 0 bridgehead atoms. The topological polar surface area (TPSA) is 59.6 Å². The Hall–Kier alpha value is -1.75. The van der Waals surface area contributed by atoms with Crippen molar-refractivity contribution in [3.63, 3.8) is 0 Å². The van der Waals surface area contributed by atoms with Crippen LogP contribution in [0.2, 0.25) is 0 Å². The molecular weight excluding hydrogens is 256 g/mol. The third-order valence-corrected chi connectivity index (χ3v) is 3.79. The number of hydrogen-bond acceptors (Lipinski definition) is 4. The highest BCUT2D eigenvalue weighted by Crippen LogP contribution is 2.30. The van der Waals surface area contributed by atoms with Crippen molar-refractivity contribution in [1.29, 1.82) is 0 Å². The highest BCUT2D eigenvalue weighted by atomic mass is 16.5. The van der Waals surface area contributed by atoms with Gasteiger partial charge < -0.3 is 20.1 Å². The molecule has 5 nitrogen and oxygen atoms in total. The molecule has 1 aliphatic rings. The first-order chi connectivity index (χ1) is 9.67. The number of nitrogens with one attached hydrogen (secondary N) is 2. The van der Waals surface area contributed by atoms with E-state index in [9.17, 15) is 4.79 Å². The molecule has 1 amide bonds. The van der Waals surface area contributed by atoms with Crippen molar-refractivity contribution < 1.29 is 14.3 Å². The molecule has 2 N–H and O–H groups in total. The zero-order valence-corrected chi connectivity index (χ0v) is 12.2. The van der Waals surface area contributed by atoms with Gasteiger partial charge in [0.15, 0.2) is 11.5 Å². The van der Waals surface area contributed by atoms with E-state index in [1.54, 1.807) is 32.4 Å². The fourth-order valence-electron chi connectivity index (χ4n) is 2.50. The third kappa shape index (κ3) is 3.04. The number of ether oxygens (including phenoxy) is 2. The van der Waals surface area contributed by atoms with Gasteiger partial charge in [0.25, 0.3) is 5.91 Å². The number of carbonyl (C=O) groups excluding carboxylic acids is 1. The van der Waals surface area contributed by atoms with Crippen molar-refractivity contribution in [2.24, 2.45) is 5.92 Å². The summed E-state index contributed by atoms with van der Waals surface area (Å²) in [6.07, 6.45) is 1.07. The SMILES string of the molecule is COc1cccc(C(=O)NC2CNCCC2C)c1OC. The Morgan fingerprint density at radius 2 is 2.15 bits per heavy atom. The molecule has 1 fully saturated rings. The minimum Gasteiger partial charge on any atom is -0.493 e. The predicted octanol–water partition coefficient (Wildman–Crippen LogP) is 1.43. The summed E-state index contributed by atoms with van der Waals surface area (Å²) < 4.78 is 10.5. The quantitative estimate of drug-likeness (QED) is 0.875. The largest absolute Gasteiger partial charge is 0.493 e. The van der Waals surface area contributed by atoms with Crippen molar-refractivity contribution >= 4 is 5.91 Å². The van der Waals surface area contributed by atoms with Crippen molar-refractivity contribution in [3.8, 4) is 11.5 Å². The average Bonchev–Trinajstić information content (AvgIpc) is 2.48. The molecule has 1 aliphatic heterocycles. The van der Waals surface area contributed by atoms with Gasteiger partial charge in [0.05, 0.1) is 19.8 Å². The Bertz CT molecular complexity index is 476. The number of benzene rings is 1. The zero-order valence-electron chi connectivity index (χ0n) is 12.2. The maximum absolute atomic E-state index is 12.4. The van der Waals surface area contributed by atoms with Crippen LogP contribution in [0.1, 0.15) is 23.7 Å². The maximum atomic E-state index is 12.4. The molecule has 1 heterocycles. The van der Waals surface area contributed by atoms with E-state index in [-0.39, 0.29) is 11.9 Å². The van der Waals surface area contributed by atoms with Crippen molar-refractivity contribution in [2.75, 3.05) is 27.3 Å². The first-order valence-corrected chi connectivity index (χ1v) is 6.90. The van der Waals surface area contributed by atoms with Gasteiger partial charge in [-0.25, -0.2) is 0 Å². The standard InChI is InChI=1S/C15H22N2O3/c1-10-7-8-16-9-12(10)17-15(18)11-5-4-6-13(19-2)14(11)20-3/h4-6,10,12,16H,7-9H2,1-3H3,(H,17,18). The van der Waals surface area contributed by atoms with Crippen LogP contribution in [0.15, 0.2) is 18.2 Å². The molecule has 110 valence electrons. The Morgan fingerprint density at radius 3 is 2.80 bits per heavy atom. The van der Waals surface area contributed by atoms with Crippen LogP contribution in [0.5, 0.6) is 11.5 Å². The second-order valence-corrected chi connectivity index (χ2v) is 5.09. The van der Waals surface area contributed by atoms with E-state index in [1.165, 1.54) is 0 Å². The van der Waals surface area contributed by atoms with Crippen LogP contribution in [-0.2, 0) is 0 Å². The normalized spacial score (nSPS) is 22.1. The van der Waals surface area contributed by atoms with Gasteiger partial charge in [0.2, 0.25) is 0 Å². The summed E-state index contributed by atoms with van der Waals surface area (Å²) in [6.45, 7) is 3.98. The van der Waals surface area contributed by atoms with E-state index in [2.05, 4.69) is 17.6 Å². The molecule has 1 aromatic carbocycles. The van der Waals surface area contributed by atoms with Gasteiger partial charge in [-0.2, -0.15) is 0 Å². The van der Waals surface area contributed by atoms with Crippen LogP contribution in [0.3, 0.4) is 0 Å². The van der Waals surface area contributed by atoms with Crippen molar-refractivity contribution in [3.05, 3.63) is 23.8 Å². The van der Waals surface area contributed by atoms with Crippen LogP contribution in [0.4, 0.5) is 0 Å². The molecule has 0 saturated carbocycles. The van der Waals surface area contributed by atoms with Gasteiger partial charge in [-0.3, -0.25) is 4.79 Å². The average molecular weight is 278 g/mol. The van der Waals surface area contributed by atoms with E-state index in [1.807, 2.05) is 0 Å². The lowest BCUT2D eigenvalue weighted by Gasteiger charge is -2.30. The third-order valence-electron chi connectivity index (χ3n) is 3.79. The molecule has 0 aromatic heterocycles. The van der Waals surface area contributed by atoms with Crippen LogP contribution in [0, 0.1) is 5.92 Å². The summed E-state index contributed by atoms with van der Waals surface area (Å²) in [6, 6.07) is 5.46. The molecule has 2 atom stereocenters. The number of rotatable bonds is 4. The first-order valence-electron chi connectivity index (χ1n) is 6.90. The number of methoxy groups -OCH3 is 2. The van der Waals surface area contributed by atoms with Gasteiger partial charge in [-0.05, 0) is 31.0 Å². The lowest BCUT2D eigenvalue weighted by atomic mass is 9.94. The van der Waals surface area contributed by atoms with E-state index in [4.69, 9.17) is 9.47 Å². The van der Waals surface area contributed by atoms with Crippen LogP contribution < -0.4 is 20.1 Å². The Morgan fingerprint density at radius 1 is 1.35 bits per heavy atom. The first kappa shape index (κ1) is 14.7. The Labute approximate surface area is 119 Å². The predicted molar refractivity (Wildman–Crippen MR) is 77.5 cm³/mol. The van der Waals surface area contributed by atoms with Crippen LogP contribution in [0.25, 0.3) is 0 Å². The highest BCUT2D eigenvalue weighted by molar-refractivity contribution is 5.98. The van der Waals surface area contributed by atoms with E-state index >= 15 is 0 Å². The molecule has 20 heavy (non-hydrogen) atoms. The summed E-state index contributed by atoms with van der Waals surface area (Å²) in [5.41, 5.74) is 0.504. The van der Waals surface area contributed by atoms with Gasteiger partial charge in [-0.15, -0.1) is 0 Å². The number of amides is 1. The number of carbonyl (C=O) groups is 1. The van der Waals surface area contributed by atoms with Gasteiger partial charge in [-0.1, -0.05) is 13.0 Å². The van der Waals surface area contributed by atoms with Gasteiger partial charge in [0, 0.05) is 12.6 Å². The number of para-hydroxylation sites is 1. The molecule has 1 saturated heterocycles. The lowest BCUT2D eigenvalue weighted by molar-refractivity contribution is 0.0911. The van der Waals surface area contributed by atoms with E-state index in [0.29, 0.717) is 23.0 Å². The van der Waals surface area contributed by atoms with E-state index < -0.39 is 0 Å². The summed E-state index contributed by atoms with van der Waals surface area (Å²) in [7, 11) is 3.10. The number of piperidine rings is 1. The second kappa shape index (κ2) is 6.61. The highest BCUT2D eigenvalue weighted by Gasteiger charge is 2.25. The minimum atomic E-state index is -0.124. The van der Waals surface area contributed by atoms with Crippen LogP contribution in [-0.4, -0.2) is 39.3 Å². The molecular formula is C15H22N2O3. The van der Waals surface area contributed by atoms with E-state index in [0.717, 1.165) is 19.5 Å². The fourth-order valence-corrected chi connectivity index (χ4v) is 2.50. The molecule has 2 unspecified atom stereocenters. The summed E-state index contributed by atoms with van der Waals surface area (Å²) in [5.74, 6) is 1.39. The van der Waals surface area contributed by atoms with Crippen molar-refractivity contribution in [1.82, 2.24) is 10.6 Å². The second-order valence-electron chi connectivity index (χ2n) is 5.09. The summed E-state index contributed by atoms with van der Waals surface area (Å²) in [4.78, 5) is 12.4. The Kier molecular flexibility index (Phi) is 4.84. The van der Waals surface area contributed by atoms with Crippen LogP contribution >= 0.6 is 0 Å². The Balaban J connectivity index is 2.16. The maximum Gasteiger partial charge on any atom is 0.255 e. The molecule has 0 aliphatic carbocycles. The molecule has 2 rings (SSSR count). The lowest BCUT2D eigenvalue weighted by Crippen LogP contribution is -2.50. The monoisotopic (exact) mass is 278 g/mol. The summed E-state index contributed by atoms with van der Waals surface area (Å²) in [5, 5.41) is 6.38. The molecule has 1 aromatic rings. The van der Waals surface area contributed by atoms with Gasteiger partial charge >= 0.3 is 0 Å². The molecule has 0 radical (unpaired) electrons. The summed E-state index contributed by atoms with van der Waals surface area (Å²) >= 11 is 0. The number of hydrogen-bond donors (Lipinski definition) is 2. The minimum absolute atomic E-state index is 0.124. The fraction of sp³-hybridized carbons (Fsp3) is 0.533. The van der Waals surface area contributed by atoms with Crippen molar-refractivity contribution in [2.45, 2.75) is 19.4 Å². The zero-order chi connectivity index (χ0) is 14.5. The van der Waals surface area contributed by atoms with Gasteiger partial charge in [0.1, 0.15) is 0 Å². The molecule has 5 heteroatoms.